The average molecular weight is 363 g/mol. The van der Waals surface area contributed by atoms with Crippen molar-refractivity contribution in [1.29, 1.82) is 0 Å². The Morgan fingerprint density at radius 2 is 2.08 bits per heavy atom. The number of benzene rings is 1. The first-order chi connectivity index (χ1) is 12.1. The second-order valence-corrected chi connectivity index (χ2v) is 6.02. The molecular formula is C16H14FN3O4S. The lowest BCUT2D eigenvalue weighted by Crippen LogP contribution is -2.07. The molecule has 25 heavy (non-hydrogen) atoms. The van der Waals surface area contributed by atoms with Gasteiger partial charge in [0.2, 0.25) is 11.8 Å². The number of hydrogen-bond donors (Lipinski definition) is 0. The summed E-state index contributed by atoms with van der Waals surface area (Å²) in [7, 11) is 0. The van der Waals surface area contributed by atoms with Crippen molar-refractivity contribution in [2.45, 2.75) is 19.3 Å². The van der Waals surface area contributed by atoms with Gasteiger partial charge in [-0.1, -0.05) is 5.16 Å². The van der Waals surface area contributed by atoms with Crippen LogP contribution in [-0.4, -0.2) is 26.8 Å². The Labute approximate surface area is 146 Å². The lowest BCUT2D eigenvalue weighted by atomic mass is 10.2. The van der Waals surface area contributed by atoms with E-state index in [0.29, 0.717) is 34.6 Å². The molecule has 0 saturated carbocycles. The van der Waals surface area contributed by atoms with Crippen LogP contribution in [0.3, 0.4) is 0 Å². The Balaban J connectivity index is 1.43. The smallest absolute Gasteiger partial charge is 0.316 e. The van der Waals surface area contributed by atoms with E-state index < -0.39 is 0 Å². The molecule has 1 aromatic carbocycles. The van der Waals surface area contributed by atoms with Crippen LogP contribution < -0.4 is 0 Å². The monoisotopic (exact) mass is 363 g/mol. The Bertz CT molecular complexity index is 847. The van der Waals surface area contributed by atoms with E-state index >= 15 is 0 Å². The first kappa shape index (κ1) is 17.2. The minimum absolute atomic E-state index is 0.00536. The zero-order valence-corrected chi connectivity index (χ0v) is 14.1. The van der Waals surface area contributed by atoms with Crippen molar-refractivity contribution in [2.24, 2.45) is 0 Å². The number of carbonyl (C=O) groups is 1. The molecule has 0 bridgehead atoms. The van der Waals surface area contributed by atoms with Crippen molar-refractivity contribution in [3.05, 3.63) is 53.8 Å². The predicted octanol–water partition coefficient (Wildman–Crippen LogP) is 3.15. The predicted molar refractivity (Wildman–Crippen MR) is 86.9 cm³/mol. The maximum atomic E-state index is 12.9. The van der Waals surface area contributed by atoms with E-state index in [1.165, 1.54) is 30.2 Å². The van der Waals surface area contributed by atoms with E-state index in [1.807, 2.05) is 0 Å². The highest BCUT2D eigenvalue weighted by atomic mass is 32.2. The summed E-state index contributed by atoms with van der Waals surface area (Å²) in [5.41, 5.74) is 1.12. The number of halogens is 1. The number of ether oxygens (including phenoxy) is 1. The fraction of sp³-hybridized carbons (Fsp3) is 0.250. The number of aromatic nitrogens is 3. The van der Waals surface area contributed by atoms with Crippen LogP contribution >= 0.6 is 11.8 Å². The summed E-state index contributed by atoms with van der Waals surface area (Å²) in [6.07, 6.45) is 1.40. The van der Waals surface area contributed by atoms with Crippen LogP contribution in [0.5, 0.6) is 0 Å². The van der Waals surface area contributed by atoms with Crippen molar-refractivity contribution in [1.82, 2.24) is 15.1 Å². The summed E-state index contributed by atoms with van der Waals surface area (Å²) in [4.78, 5) is 20.0. The van der Waals surface area contributed by atoms with Gasteiger partial charge in [-0.2, -0.15) is 4.98 Å². The molecule has 0 amide bonds. The highest BCUT2D eigenvalue weighted by molar-refractivity contribution is 7.99. The summed E-state index contributed by atoms with van der Waals surface area (Å²) in [5.74, 6) is 1.28. The molecule has 0 radical (unpaired) electrons. The highest BCUT2D eigenvalue weighted by Gasteiger charge is 2.10. The van der Waals surface area contributed by atoms with E-state index in [9.17, 15) is 9.18 Å². The van der Waals surface area contributed by atoms with Gasteiger partial charge < -0.3 is 13.7 Å². The van der Waals surface area contributed by atoms with Crippen molar-refractivity contribution in [2.75, 3.05) is 5.75 Å². The highest BCUT2D eigenvalue weighted by Crippen LogP contribution is 2.19. The Kier molecular flexibility index (Phi) is 5.44. The molecule has 3 aromatic rings. The number of rotatable bonds is 7. The van der Waals surface area contributed by atoms with Gasteiger partial charge in [0.15, 0.2) is 5.82 Å². The number of hydrogen-bond acceptors (Lipinski definition) is 8. The van der Waals surface area contributed by atoms with Crippen molar-refractivity contribution >= 4 is 17.7 Å². The molecule has 0 fully saturated rings. The van der Waals surface area contributed by atoms with Gasteiger partial charge in [0.25, 0.3) is 0 Å². The Hall–Kier alpha value is -2.68. The van der Waals surface area contributed by atoms with E-state index in [4.69, 9.17) is 13.7 Å². The summed E-state index contributed by atoms with van der Waals surface area (Å²) in [5, 5.41) is 3.74. The molecule has 130 valence electrons. The van der Waals surface area contributed by atoms with Gasteiger partial charge in [0.1, 0.15) is 24.4 Å². The fourth-order valence-corrected chi connectivity index (χ4v) is 2.57. The zero-order chi connectivity index (χ0) is 17.6. The summed E-state index contributed by atoms with van der Waals surface area (Å²) in [6.45, 7) is 1.71. The minimum atomic E-state index is -0.378. The third-order valence-electron chi connectivity index (χ3n) is 3.04. The molecule has 7 nitrogen and oxygen atoms in total. The molecule has 0 aliphatic carbocycles. The van der Waals surface area contributed by atoms with E-state index in [-0.39, 0.29) is 24.1 Å². The number of aryl methyl sites for hydroxylation is 1. The van der Waals surface area contributed by atoms with Crippen LogP contribution in [0.2, 0.25) is 0 Å². The van der Waals surface area contributed by atoms with E-state index in [2.05, 4.69) is 15.1 Å². The fourth-order valence-electron chi connectivity index (χ4n) is 1.92. The van der Waals surface area contributed by atoms with Crippen LogP contribution in [0.4, 0.5) is 4.39 Å². The standard InChI is InChI=1S/C16H14FN3O4S/c1-10-18-14(20-24-10)8-25-9-15(21)22-6-13-7-23-16(19-13)11-2-4-12(17)5-3-11/h2-5,7H,6,8-9H2,1H3. The molecule has 0 N–H and O–H groups in total. The van der Waals surface area contributed by atoms with Gasteiger partial charge in [-0.3, -0.25) is 4.79 Å². The molecule has 0 aliphatic rings. The number of carbonyl (C=O) groups excluding carboxylic acids is 1. The molecular weight excluding hydrogens is 349 g/mol. The average Bonchev–Trinajstić information content (AvgIpc) is 3.23. The first-order valence-corrected chi connectivity index (χ1v) is 8.48. The van der Waals surface area contributed by atoms with Gasteiger partial charge >= 0.3 is 5.97 Å². The molecule has 0 spiro atoms. The Morgan fingerprint density at radius 3 is 2.80 bits per heavy atom. The molecule has 0 aliphatic heterocycles. The first-order valence-electron chi connectivity index (χ1n) is 7.33. The van der Waals surface area contributed by atoms with Crippen LogP contribution in [0.1, 0.15) is 17.4 Å². The van der Waals surface area contributed by atoms with Crippen molar-refractivity contribution in [3.63, 3.8) is 0 Å². The van der Waals surface area contributed by atoms with Gasteiger partial charge in [0.05, 0.1) is 11.5 Å². The molecule has 2 heterocycles. The topological polar surface area (TPSA) is 91.2 Å². The number of esters is 1. The van der Waals surface area contributed by atoms with Crippen molar-refractivity contribution in [3.8, 4) is 11.5 Å². The van der Waals surface area contributed by atoms with Gasteiger partial charge in [-0.05, 0) is 24.3 Å². The van der Waals surface area contributed by atoms with E-state index in [0.717, 1.165) is 0 Å². The summed E-state index contributed by atoms with van der Waals surface area (Å²) in [6, 6.07) is 5.77. The quantitative estimate of drug-likeness (QED) is 0.591. The van der Waals surface area contributed by atoms with Gasteiger partial charge in [0, 0.05) is 12.5 Å². The van der Waals surface area contributed by atoms with Crippen LogP contribution in [0.15, 0.2) is 39.5 Å². The van der Waals surface area contributed by atoms with Gasteiger partial charge in [-0.25, -0.2) is 9.37 Å². The zero-order valence-electron chi connectivity index (χ0n) is 13.3. The second-order valence-electron chi connectivity index (χ2n) is 5.03. The van der Waals surface area contributed by atoms with Crippen LogP contribution in [0.25, 0.3) is 11.5 Å². The number of oxazole rings is 1. The SMILES string of the molecule is Cc1nc(CSCC(=O)OCc2coc(-c3ccc(F)cc3)n2)no1. The number of thioether (sulfide) groups is 1. The summed E-state index contributed by atoms with van der Waals surface area (Å²) >= 11 is 1.33. The second kappa shape index (κ2) is 7.93. The molecule has 9 heteroatoms. The minimum Gasteiger partial charge on any atom is -0.458 e. The largest absolute Gasteiger partial charge is 0.458 e. The maximum Gasteiger partial charge on any atom is 0.316 e. The van der Waals surface area contributed by atoms with E-state index in [1.54, 1.807) is 19.1 Å². The molecule has 0 unspecified atom stereocenters. The lowest BCUT2D eigenvalue weighted by Gasteiger charge is -2.01. The third kappa shape index (κ3) is 4.90. The molecule has 2 aromatic heterocycles. The maximum absolute atomic E-state index is 12.9. The molecule has 0 saturated heterocycles. The normalized spacial score (nSPS) is 10.8. The van der Waals surface area contributed by atoms with Crippen molar-refractivity contribution < 1.29 is 22.9 Å². The third-order valence-corrected chi connectivity index (χ3v) is 3.95. The lowest BCUT2D eigenvalue weighted by molar-refractivity contribution is -0.141. The number of nitrogens with zero attached hydrogens (tertiary/aromatic N) is 3. The molecule has 3 rings (SSSR count). The van der Waals surface area contributed by atoms with Crippen LogP contribution in [-0.2, 0) is 21.9 Å². The summed E-state index contributed by atoms with van der Waals surface area (Å²) < 4.78 is 28.2. The van der Waals surface area contributed by atoms with Crippen LogP contribution in [0, 0.1) is 12.7 Å². The van der Waals surface area contributed by atoms with Gasteiger partial charge in [-0.15, -0.1) is 11.8 Å². The Morgan fingerprint density at radius 1 is 1.28 bits per heavy atom. The molecule has 0 atom stereocenters.